The highest BCUT2D eigenvalue weighted by molar-refractivity contribution is 5.94. The summed E-state index contributed by atoms with van der Waals surface area (Å²) in [6, 6.07) is 19.6. The van der Waals surface area contributed by atoms with Crippen LogP contribution in [0.25, 0.3) is 0 Å². The van der Waals surface area contributed by atoms with Crippen molar-refractivity contribution in [1.82, 2.24) is 0 Å². The maximum Gasteiger partial charge on any atom is 0.342 e. The molecule has 0 N–H and O–H groups in total. The topological polar surface area (TPSA) is 107 Å². The van der Waals surface area contributed by atoms with E-state index in [0.717, 1.165) is 0 Å². The number of benzene rings is 3. The van der Waals surface area contributed by atoms with Crippen molar-refractivity contribution in [3.63, 3.8) is 0 Å². The molecule has 0 spiro atoms. The van der Waals surface area contributed by atoms with Gasteiger partial charge < -0.3 is 28.4 Å². The number of carbonyl (C=O) groups is 3. The van der Waals surface area contributed by atoms with Gasteiger partial charge in [-0.1, -0.05) is 36.4 Å². The average molecular weight is 494 g/mol. The Morgan fingerprint density at radius 2 is 1.14 bits per heavy atom. The highest BCUT2D eigenvalue weighted by Gasteiger charge is 2.25. The van der Waals surface area contributed by atoms with E-state index in [0.29, 0.717) is 16.9 Å². The Morgan fingerprint density at radius 1 is 0.611 bits per heavy atom. The Balaban J connectivity index is 1.74. The highest BCUT2D eigenvalue weighted by Crippen LogP contribution is 2.40. The van der Waals surface area contributed by atoms with Crippen LogP contribution in [0.4, 0.5) is 0 Å². The fraction of sp³-hybridized carbons (Fsp3) is 0.222. The van der Waals surface area contributed by atoms with Crippen LogP contribution in [0.15, 0.2) is 72.8 Å². The molecule has 3 aromatic rings. The molecular formula is C27H26O9. The first-order valence-corrected chi connectivity index (χ1v) is 10.9. The summed E-state index contributed by atoms with van der Waals surface area (Å²) in [5, 5.41) is 0. The van der Waals surface area contributed by atoms with Gasteiger partial charge in [-0.05, 0) is 36.4 Å². The number of esters is 3. The van der Waals surface area contributed by atoms with Gasteiger partial charge in [0.15, 0.2) is 17.6 Å². The number of ether oxygens (including phenoxy) is 6. The van der Waals surface area contributed by atoms with E-state index in [2.05, 4.69) is 0 Å². The lowest BCUT2D eigenvalue weighted by molar-refractivity contribution is -0.0254. The SMILES string of the molecule is COc1ccc(C(=O)OCC(COC(=O)c2ccccc2)OC(=O)c2ccccc2)c(OC)c1OC. The molecule has 0 amide bonds. The molecule has 0 saturated heterocycles. The quantitative estimate of drug-likeness (QED) is 0.289. The summed E-state index contributed by atoms with van der Waals surface area (Å²) < 4.78 is 32.0. The van der Waals surface area contributed by atoms with E-state index < -0.39 is 24.0 Å². The molecular weight excluding hydrogens is 468 g/mol. The minimum atomic E-state index is -1.07. The van der Waals surface area contributed by atoms with Crippen molar-refractivity contribution in [1.29, 1.82) is 0 Å². The average Bonchev–Trinajstić information content (AvgIpc) is 2.93. The molecule has 0 fully saturated rings. The second-order valence-corrected chi connectivity index (χ2v) is 7.34. The monoisotopic (exact) mass is 494 g/mol. The summed E-state index contributed by atoms with van der Waals surface area (Å²) in [5.74, 6) is -1.31. The Morgan fingerprint density at radius 3 is 1.67 bits per heavy atom. The third-order valence-corrected chi connectivity index (χ3v) is 5.02. The summed E-state index contributed by atoms with van der Waals surface area (Å²) in [4.78, 5) is 37.8. The van der Waals surface area contributed by atoms with Crippen molar-refractivity contribution in [2.75, 3.05) is 34.5 Å². The van der Waals surface area contributed by atoms with Gasteiger partial charge in [-0.15, -0.1) is 0 Å². The maximum absolute atomic E-state index is 12.9. The molecule has 1 unspecified atom stereocenters. The van der Waals surface area contributed by atoms with E-state index in [1.54, 1.807) is 60.7 Å². The van der Waals surface area contributed by atoms with Crippen molar-refractivity contribution in [3.8, 4) is 17.2 Å². The van der Waals surface area contributed by atoms with Gasteiger partial charge >= 0.3 is 17.9 Å². The molecule has 0 aromatic heterocycles. The first-order valence-electron chi connectivity index (χ1n) is 10.9. The van der Waals surface area contributed by atoms with Gasteiger partial charge in [0.05, 0.1) is 32.5 Å². The van der Waals surface area contributed by atoms with Gasteiger partial charge in [0.2, 0.25) is 5.75 Å². The maximum atomic E-state index is 12.9. The zero-order chi connectivity index (χ0) is 25.9. The lowest BCUT2D eigenvalue weighted by Crippen LogP contribution is -2.31. The van der Waals surface area contributed by atoms with Crippen LogP contribution in [0.2, 0.25) is 0 Å². The zero-order valence-electron chi connectivity index (χ0n) is 20.1. The lowest BCUT2D eigenvalue weighted by Gasteiger charge is -2.19. The number of carbonyl (C=O) groups excluding carboxylic acids is 3. The van der Waals surface area contributed by atoms with Crippen LogP contribution in [-0.2, 0) is 14.2 Å². The molecule has 9 nitrogen and oxygen atoms in total. The van der Waals surface area contributed by atoms with Crippen molar-refractivity contribution in [3.05, 3.63) is 89.5 Å². The van der Waals surface area contributed by atoms with Crippen LogP contribution in [0.1, 0.15) is 31.1 Å². The first kappa shape index (κ1) is 26.1. The van der Waals surface area contributed by atoms with Crippen LogP contribution >= 0.6 is 0 Å². The van der Waals surface area contributed by atoms with E-state index in [1.165, 1.54) is 33.5 Å². The van der Waals surface area contributed by atoms with Crippen molar-refractivity contribution in [2.24, 2.45) is 0 Å². The summed E-state index contributed by atoms with van der Waals surface area (Å²) in [7, 11) is 4.24. The van der Waals surface area contributed by atoms with Gasteiger partial charge in [0.1, 0.15) is 18.8 Å². The van der Waals surface area contributed by atoms with Gasteiger partial charge in [-0.2, -0.15) is 0 Å². The molecule has 1 atom stereocenters. The molecule has 36 heavy (non-hydrogen) atoms. The van der Waals surface area contributed by atoms with Gasteiger partial charge in [-0.3, -0.25) is 0 Å². The van der Waals surface area contributed by atoms with Crippen molar-refractivity contribution >= 4 is 17.9 Å². The largest absolute Gasteiger partial charge is 0.493 e. The normalized spacial score (nSPS) is 11.1. The second-order valence-electron chi connectivity index (χ2n) is 7.34. The van der Waals surface area contributed by atoms with Crippen LogP contribution < -0.4 is 14.2 Å². The van der Waals surface area contributed by atoms with Crippen molar-refractivity contribution in [2.45, 2.75) is 6.10 Å². The standard InChI is InChI=1S/C27H26O9/c1-31-22-15-14-21(23(32-2)24(22)33-3)27(30)35-17-20(36-26(29)19-12-8-5-9-13-19)16-34-25(28)18-10-6-4-7-11-18/h4-15,20H,16-17H2,1-3H3. The predicted molar refractivity (Wildman–Crippen MR) is 129 cm³/mol. The third-order valence-electron chi connectivity index (χ3n) is 5.02. The van der Waals surface area contributed by atoms with Gasteiger partial charge in [0, 0.05) is 0 Å². The number of rotatable bonds is 11. The molecule has 0 aliphatic rings. The van der Waals surface area contributed by atoms with Crippen LogP contribution in [0.3, 0.4) is 0 Å². The van der Waals surface area contributed by atoms with Gasteiger partial charge in [-0.25, -0.2) is 14.4 Å². The molecule has 3 aromatic carbocycles. The predicted octanol–water partition coefficient (Wildman–Crippen LogP) is 3.95. The minimum Gasteiger partial charge on any atom is -0.493 e. The molecule has 0 radical (unpaired) electrons. The molecule has 0 aliphatic heterocycles. The molecule has 9 heteroatoms. The first-order chi connectivity index (χ1) is 17.5. The second kappa shape index (κ2) is 12.8. The summed E-state index contributed by atoms with van der Waals surface area (Å²) in [5.41, 5.74) is 0.701. The van der Waals surface area contributed by atoms with E-state index >= 15 is 0 Å². The molecule has 188 valence electrons. The molecule has 0 aliphatic carbocycles. The third kappa shape index (κ3) is 6.53. The van der Waals surface area contributed by atoms with Crippen LogP contribution in [-0.4, -0.2) is 58.6 Å². The zero-order valence-corrected chi connectivity index (χ0v) is 20.1. The fourth-order valence-corrected chi connectivity index (χ4v) is 3.24. The lowest BCUT2D eigenvalue weighted by atomic mass is 10.1. The summed E-state index contributed by atoms with van der Waals surface area (Å²) >= 11 is 0. The van der Waals surface area contributed by atoms with E-state index in [1.807, 2.05) is 0 Å². The Bertz CT molecular complexity index is 1180. The van der Waals surface area contributed by atoms with E-state index in [-0.39, 0.29) is 30.3 Å². The van der Waals surface area contributed by atoms with Crippen LogP contribution in [0.5, 0.6) is 17.2 Å². The Kier molecular flexibility index (Phi) is 9.27. The number of methoxy groups -OCH3 is 3. The molecule has 0 bridgehead atoms. The fourth-order valence-electron chi connectivity index (χ4n) is 3.24. The summed E-state index contributed by atoms with van der Waals surface area (Å²) in [6.07, 6.45) is -1.07. The summed E-state index contributed by atoms with van der Waals surface area (Å²) in [6.45, 7) is -0.709. The molecule has 0 heterocycles. The van der Waals surface area contributed by atoms with E-state index in [9.17, 15) is 14.4 Å². The van der Waals surface area contributed by atoms with E-state index in [4.69, 9.17) is 28.4 Å². The number of hydrogen-bond acceptors (Lipinski definition) is 9. The minimum absolute atomic E-state index is 0.0737. The van der Waals surface area contributed by atoms with Crippen LogP contribution in [0, 0.1) is 0 Å². The van der Waals surface area contributed by atoms with Crippen molar-refractivity contribution < 1.29 is 42.8 Å². The smallest absolute Gasteiger partial charge is 0.342 e. The highest BCUT2D eigenvalue weighted by atomic mass is 16.6. The molecule has 0 saturated carbocycles. The Hall–Kier alpha value is -4.53. The van der Waals surface area contributed by atoms with Gasteiger partial charge in [0.25, 0.3) is 0 Å². The Labute approximate surface area is 208 Å². The number of hydrogen-bond donors (Lipinski definition) is 0. The molecule has 3 rings (SSSR count).